The molecule has 0 aliphatic carbocycles. The van der Waals surface area contributed by atoms with Crippen LogP contribution in [-0.2, 0) is 4.74 Å². The highest BCUT2D eigenvalue weighted by Crippen LogP contribution is 2.30. The first kappa shape index (κ1) is 16.9. The van der Waals surface area contributed by atoms with Gasteiger partial charge in [-0.2, -0.15) is 0 Å². The maximum absolute atomic E-state index is 6.17. The zero-order valence-corrected chi connectivity index (χ0v) is 13.5. The molecule has 19 heavy (non-hydrogen) atoms. The van der Waals surface area contributed by atoms with Crippen LogP contribution in [0.2, 0.25) is 0 Å². The number of hydrogen-bond donors (Lipinski definition) is 1. The summed E-state index contributed by atoms with van der Waals surface area (Å²) in [6.07, 6.45) is 2.34. The maximum atomic E-state index is 6.17. The summed E-state index contributed by atoms with van der Waals surface area (Å²) in [4.78, 5) is 5.12. The van der Waals surface area contributed by atoms with Crippen molar-refractivity contribution in [3.05, 3.63) is 0 Å². The number of nitrogens with two attached hydrogens (primary N) is 1. The van der Waals surface area contributed by atoms with Crippen molar-refractivity contribution in [1.82, 2.24) is 9.80 Å². The minimum absolute atomic E-state index is 0.165. The number of methoxy groups -OCH3 is 1. The molecule has 0 atom stereocenters. The third kappa shape index (κ3) is 4.15. The molecule has 0 radical (unpaired) electrons. The Morgan fingerprint density at radius 3 is 2.16 bits per heavy atom. The van der Waals surface area contributed by atoms with Crippen molar-refractivity contribution < 1.29 is 4.74 Å². The van der Waals surface area contributed by atoms with E-state index in [0.717, 1.165) is 32.8 Å². The van der Waals surface area contributed by atoms with Gasteiger partial charge in [0.05, 0.1) is 6.61 Å². The molecule has 1 fully saturated rings. The Kier molecular flexibility index (Phi) is 6.74. The fourth-order valence-electron chi connectivity index (χ4n) is 3.30. The Hall–Kier alpha value is -0.160. The van der Waals surface area contributed by atoms with Gasteiger partial charge in [-0.3, -0.25) is 4.90 Å². The molecule has 1 heterocycles. The predicted molar refractivity (Wildman–Crippen MR) is 81.4 cm³/mol. The summed E-state index contributed by atoms with van der Waals surface area (Å²) >= 11 is 0. The number of rotatable bonds is 7. The molecule has 0 amide bonds. The molecule has 1 aliphatic heterocycles. The summed E-state index contributed by atoms with van der Waals surface area (Å²) in [6.45, 7) is 13.9. The van der Waals surface area contributed by atoms with Crippen molar-refractivity contribution in [1.29, 1.82) is 0 Å². The van der Waals surface area contributed by atoms with Crippen molar-refractivity contribution in [2.24, 2.45) is 5.73 Å². The first-order valence-corrected chi connectivity index (χ1v) is 7.66. The summed E-state index contributed by atoms with van der Waals surface area (Å²) in [5, 5.41) is 0. The number of likely N-dealkylation sites (tertiary alicyclic amines) is 1. The van der Waals surface area contributed by atoms with Crippen LogP contribution in [0.25, 0.3) is 0 Å². The van der Waals surface area contributed by atoms with Gasteiger partial charge < -0.3 is 15.4 Å². The van der Waals surface area contributed by atoms with E-state index < -0.39 is 0 Å². The number of ether oxygens (including phenoxy) is 1. The van der Waals surface area contributed by atoms with Gasteiger partial charge in [-0.25, -0.2) is 0 Å². The van der Waals surface area contributed by atoms with E-state index in [0.29, 0.717) is 12.1 Å². The van der Waals surface area contributed by atoms with E-state index in [1.807, 2.05) is 0 Å². The quantitative estimate of drug-likeness (QED) is 0.763. The average molecular weight is 271 g/mol. The van der Waals surface area contributed by atoms with Gasteiger partial charge in [0.15, 0.2) is 0 Å². The van der Waals surface area contributed by atoms with E-state index in [9.17, 15) is 0 Å². The molecule has 4 nitrogen and oxygen atoms in total. The molecule has 0 bridgehead atoms. The molecule has 0 unspecified atom stereocenters. The lowest BCUT2D eigenvalue weighted by atomic mass is 9.84. The van der Waals surface area contributed by atoms with Gasteiger partial charge in [0, 0.05) is 50.9 Å². The van der Waals surface area contributed by atoms with Gasteiger partial charge in [-0.1, -0.05) is 0 Å². The predicted octanol–water partition coefficient (Wildman–Crippen LogP) is 1.54. The van der Waals surface area contributed by atoms with Gasteiger partial charge in [0.1, 0.15) is 0 Å². The highest BCUT2D eigenvalue weighted by Gasteiger charge is 2.39. The molecule has 1 saturated heterocycles. The lowest BCUT2D eigenvalue weighted by Gasteiger charge is -2.51. The molecule has 2 N–H and O–H groups in total. The molecule has 1 aliphatic rings. The van der Waals surface area contributed by atoms with Crippen LogP contribution in [0.1, 0.15) is 40.5 Å². The Labute approximate surface area is 119 Å². The van der Waals surface area contributed by atoms with Crippen LogP contribution in [0.4, 0.5) is 0 Å². The second kappa shape index (κ2) is 7.58. The highest BCUT2D eigenvalue weighted by molar-refractivity contribution is 4.98. The Bertz CT molecular complexity index is 248. The lowest BCUT2D eigenvalue weighted by Crippen LogP contribution is -2.62. The molecule has 0 aromatic rings. The monoisotopic (exact) mass is 271 g/mol. The smallest absolute Gasteiger partial charge is 0.0590 e. The number of nitrogens with zero attached hydrogens (tertiary/aromatic N) is 2. The van der Waals surface area contributed by atoms with Crippen LogP contribution < -0.4 is 5.73 Å². The molecule has 4 heteroatoms. The third-order valence-electron chi connectivity index (χ3n) is 4.61. The van der Waals surface area contributed by atoms with E-state index in [2.05, 4.69) is 37.5 Å². The van der Waals surface area contributed by atoms with E-state index in [-0.39, 0.29) is 5.54 Å². The Morgan fingerprint density at radius 1 is 1.21 bits per heavy atom. The van der Waals surface area contributed by atoms with Crippen molar-refractivity contribution in [2.75, 3.05) is 39.9 Å². The van der Waals surface area contributed by atoms with Gasteiger partial charge in [-0.15, -0.1) is 0 Å². The second-order valence-corrected chi connectivity index (χ2v) is 6.34. The summed E-state index contributed by atoms with van der Waals surface area (Å²) in [7, 11) is 1.77. The van der Waals surface area contributed by atoms with E-state index in [4.69, 9.17) is 10.5 Å². The Balaban J connectivity index is 2.73. The molecular formula is C15H33N3O. The fourth-order valence-corrected chi connectivity index (χ4v) is 3.30. The van der Waals surface area contributed by atoms with Crippen LogP contribution in [0.3, 0.4) is 0 Å². The maximum Gasteiger partial charge on any atom is 0.0590 e. The number of hydrogen-bond acceptors (Lipinski definition) is 4. The SMILES string of the molecule is COCCN(C(C)C)C1(CN)CCN(C(C)C)CC1. The van der Waals surface area contributed by atoms with Crippen molar-refractivity contribution in [2.45, 2.75) is 58.2 Å². The zero-order chi connectivity index (χ0) is 14.5. The second-order valence-electron chi connectivity index (χ2n) is 6.34. The summed E-state index contributed by atoms with van der Waals surface area (Å²) < 4.78 is 5.27. The van der Waals surface area contributed by atoms with Gasteiger partial charge in [0.2, 0.25) is 0 Å². The largest absolute Gasteiger partial charge is 0.383 e. The Morgan fingerprint density at radius 2 is 1.79 bits per heavy atom. The molecule has 0 saturated carbocycles. The molecule has 0 spiro atoms. The standard InChI is InChI=1S/C15H33N3O/c1-13(2)17-8-6-15(12-16,7-9-17)18(14(3)4)10-11-19-5/h13-14H,6-12,16H2,1-5H3. The molecule has 114 valence electrons. The van der Waals surface area contributed by atoms with E-state index in [1.165, 1.54) is 12.8 Å². The first-order valence-electron chi connectivity index (χ1n) is 7.66. The normalized spacial score (nSPS) is 20.7. The third-order valence-corrected chi connectivity index (χ3v) is 4.61. The summed E-state index contributed by atoms with van der Waals surface area (Å²) in [5.74, 6) is 0. The van der Waals surface area contributed by atoms with Crippen LogP contribution >= 0.6 is 0 Å². The summed E-state index contributed by atoms with van der Waals surface area (Å²) in [5.41, 5.74) is 6.33. The zero-order valence-electron chi connectivity index (χ0n) is 13.5. The van der Waals surface area contributed by atoms with E-state index >= 15 is 0 Å². The van der Waals surface area contributed by atoms with Crippen molar-refractivity contribution in [3.63, 3.8) is 0 Å². The molecule has 0 aromatic carbocycles. The first-order chi connectivity index (χ1) is 8.96. The average Bonchev–Trinajstić information content (AvgIpc) is 2.39. The fraction of sp³-hybridized carbons (Fsp3) is 1.00. The van der Waals surface area contributed by atoms with Crippen LogP contribution in [0.5, 0.6) is 0 Å². The van der Waals surface area contributed by atoms with Crippen LogP contribution in [-0.4, -0.2) is 67.3 Å². The summed E-state index contributed by atoms with van der Waals surface area (Å²) in [6, 6.07) is 1.16. The molecule has 1 rings (SSSR count). The van der Waals surface area contributed by atoms with Gasteiger partial charge in [-0.05, 0) is 40.5 Å². The number of piperidine rings is 1. The van der Waals surface area contributed by atoms with Crippen molar-refractivity contribution in [3.8, 4) is 0 Å². The topological polar surface area (TPSA) is 41.7 Å². The van der Waals surface area contributed by atoms with E-state index in [1.54, 1.807) is 7.11 Å². The van der Waals surface area contributed by atoms with Gasteiger partial charge >= 0.3 is 0 Å². The molecule has 0 aromatic heterocycles. The minimum atomic E-state index is 0.165. The molecular weight excluding hydrogens is 238 g/mol. The van der Waals surface area contributed by atoms with Gasteiger partial charge in [0.25, 0.3) is 0 Å². The lowest BCUT2D eigenvalue weighted by molar-refractivity contribution is -0.0143. The highest BCUT2D eigenvalue weighted by atomic mass is 16.5. The van der Waals surface area contributed by atoms with Crippen LogP contribution in [0.15, 0.2) is 0 Å². The van der Waals surface area contributed by atoms with Crippen molar-refractivity contribution >= 4 is 0 Å². The van der Waals surface area contributed by atoms with Crippen LogP contribution in [0, 0.1) is 0 Å². The minimum Gasteiger partial charge on any atom is -0.383 e.